The van der Waals surface area contributed by atoms with Crippen molar-refractivity contribution in [2.75, 3.05) is 26.3 Å². The summed E-state index contributed by atoms with van der Waals surface area (Å²) < 4.78 is 34.8. The van der Waals surface area contributed by atoms with Gasteiger partial charge in [-0.2, -0.15) is 4.31 Å². The molecule has 202 valence electrons. The fraction of sp³-hybridized carbons (Fsp3) is 0.250. The Labute approximate surface area is 230 Å². The Balaban J connectivity index is 1.44. The topological polar surface area (TPSA) is 107 Å². The second-order valence-electron chi connectivity index (χ2n) is 9.07. The standard InChI is InChI=1S/C28H28N4O5S2/c33-32(34)25-12-8-23(9-13-25)27-21-38-28(31(27)16-4-7-22-5-2-1-3-6-22)29-24-10-14-26(15-11-24)39(35,36)30-17-19-37-20-18-30/h1-3,5-6,8-15,21H,4,7,16-20H2. The number of hydrogen-bond acceptors (Lipinski definition) is 7. The van der Waals surface area contributed by atoms with Crippen LogP contribution in [0.25, 0.3) is 11.3 Å². The van der Waals surface area contributed by atoms with E-state index in [-0.39, 0.29) is 10.6 Å². The molecule has 0 N–H and O–H groups in total. The molecule has 2 heterocycles. The molecule has 9 nitrogen and oxygen atoms in total. The molecular weight excluding hydrogens is 536 g/mol. The maximum atomic E-state index is 13.0. The Morgan fingerprint density at radius 1 is 0.949 bits per heavy atom. The quantitative estimate of drug-likeness (QED) is 0.210. The highest BCUT2D eigenvalue weighted by Gasteiger charge is 2.26. The predicted octanol–water partition coefficient (Wildman–Crippen LogP) is 5.01. The monoisotopic (exact) mass is 564 g/mol. The first kappa shape index (κ1) is 26.9. The largest absolute Gasteiger partial charge is 0.379 e. The molecule has 4 aromatic rings. The van der Waals surface area contributed by atoms with Crippen LogP contribution in [0.5, 0.6) is 0 Å². The number of morpholine rings is 1. The third-order valence-corrected chi connectivity index (χ3v) is 9.31. The van der Waals surface area contributed by atoms with Crippen LogP contribution in [0.3, 0.4) is 0 Å². The third-order valence-electron chi connectivity index (χ3n) is 6.53. The number of nitro groups is 1. The van der Waals surface area contributed by atoms with E-state index in [1.54, 1.807) is 36.4 Å². The van der Waals surface area contributed by atoms with E-state index in [1.807, 2.05) is 23.6 Å². The van der Waals surface area contributed by atoms with E-state index in [4.69, 9.17) is 9.73 Å². The van der Waals surface area contributed by atoms with Crippen LogP contribution in [0.1, 0.15) is 12.0 Å². The second-order valence-corrected chi connectivity index (χ2v) is 11.8. The minimum atomic E-state index is -3.58. The van der Waals surface area contributed by atoms with Crippen LogP contribution in [0, 0.1) is 10.1 Å². The lowest BCUT2D eigenvalue weighted by Crippen LogP contribution is -2.40. The van der Waals surface area contributed by atoms with Gasteiger partial charge >= 0.3 is 0 Å². The number of nitro benzene ring substituents is 1. The van der Waals surface area contributed by atoms with Gasteiger partial charge in [-0.1, -0.05) is 30.3 Å². The van der Waals surface area contributed by atoms with Gasteiger partial charge in [0.05, 0.1) is 34.4 Å². The molecule has 0 spiro atoms. The highest BCUT2D eigenvalue weighted by Crippen LogP contribution is 2.25. The van der Waals surface area contributed by atoms with Crippen LogP contribution in [0.4, 0.5) is 11.4 Å². The first-order chi connectivity index (χ1) is 18.9. The zero-order valence-electron chi connectivity index (χ0n) is 21.2. The fourth-order valence-corrected chi connectivity index (χ4v) is 6.81. The average molecular weight is 565 g/mol. The Hall–Kier alpha value is -3.64. The molecule has 0 amide bonds. The molecule has 0 atom stereocenters. The van der Waals surface area contributed by atoms with E-state index in [0.717, 1.165) is 28.9 Å². The number of benzene rings is 3. The van der Waals surface area contributed by atoms with Crippen molar-refractivity contribution in [3.63, 3.8) is 0 Å². The minimum absolute atomic E-state index is 0.0432. The highest BCUT2D eigenvalue weighted by molar-refractivity contribution is 7.89. The molecule has 1 aromatic heterocycles. The number of thiazole rings is 1. The number of ether oxygens (including phenoxy) is 1. The number of sulfonamides is 1. The van der Waals surface area contributed by atoms with Crippen LogP contribution in [-0.2, 0) is 27.7 Å². The van der Waals surface area contributed by atoms with Crippen molar-refractivity contribution in [1.82, 2.24) is 8.87 Å². The van der Waals surface area contributed by atoms with E-state index < -0.39 is 14.9 Å². The zero-order valence-corrected chi connectivity index (χ0v) is 22.8. The Bertz CT molecular complexity index is 1590. The number of rotatable bonds is 9. The van der Waals surface area contributed by atoms with E-state index >= 15 is 0 Å². The Kier molecular flexibility index (Phi) is 8.32. The summed E-state index contributed by atoms with van der Waals surface area (Å²) in [7, 11) is -3.58. The summed E-state index contributed by atoms with van der Waals surface area (Å²) in [6, 6.07) is 23.4. The van der Waals surface area contributed by atoms with Gasteiger partial charge in [0.1, 0.15) is 0 Å². The number of aromatic nitrogens is 1. The van der Waals surface area contributed by atoms with Gasteiger partial charge in [0.2, 0.25) is 10.0 Å². The third kappa shape index (κ3) is 6.34. The summed E-state index contributed by atoms with van der Waals surface area (Å²) >= 11 is 1.48. The lowest BCUT2D eigenvalue weighted by Gasteiger charge is -2.26. The summed E-state index contributed by atoms with van der Waals surface area (Å²) in [5.74, 6) is 0. The zero-order chi connectivity index (χ0) is 27.2. The van der Waals surface area contributed by atoms with Crippen molar-refractivity contribution in [3.8, 4) is 11.3 Å². The molecule has 0 aliphatic carbocycles. The van der Waals surface area contributed by atoms with Crippen molar-refractivity contribution in [3.05, 3.63) is 105 Å². The molecule has 1 aliphatic heterocycles. The Morgan fingerprint density at radius 2 is 1.64 bits per heavy atom. The normalized spacial score (nSPS) is 14.9. The van der Waals surface area contributed by atoms with Gasteiger partial charge in [-0.3, -0.25) is 10.1 Å². The van der Waals surface area contributed by atoms with Crippen LogP contribution in [0.2, 0.25) is 0 Å². The van der Waals surface area contributed by atoms with Gasteiger partial charge in [0, 0.05) is 37.1 Å². The number of aryl methyl sites for hydroxylation is 1. The lowest BCUT2D eigenvalue weighted by atomic mass is 10.1. The van der Waals surface area contributed by atoms with Crippen LogP contribution in [0.15, 0.2) is 94.1 Å². The molecule has 3 aromatic carbocycles. The Morgan fingerprint density at radius 3 is 2.31 bits per heavy atom. The van der Waals surface area contributed by atoms with E-state index in [9.17, 15) is 18.5 Å². The van der Waals surface area contributed by atoms with Gasteiger partial charge in [-0.05, 0) is 60.4 Å². The first-order valence-electron chi connectivity index (χ1n) is 12.6. The molecule has 5 rings (SSSR count). The van der Waals surface area contributed by atoms with Crippen molar-refractivity contribution in [1.29, 1.82) is 0 Å². The highest BCUT2D eigenvalue weighted by atomic mass is 32.2. The molecule has 1 fully saturated rings. The van der Waals surface area contributed by atoms with Gasteiger partial charge in [0.25, 0.3) is 5.69 Å². The molecular formula is C28H28N4O5S2. The molecule has 0 saturated carbocycles. The summed E-state index contributed by atoms with van der Waals surface area (Å²) in [4.78, 5) is 16.5. The van der Waals surface area contributed by atoms with Gasteiger partial charge in [-0.25, -0.2) is 13.4 Å². The number of non-ortho nitro benzene ring substituents is 1. The lowest BCUT2D eigenvalue weighted by molar-refractivity contribution is -0.384. The summed E-state index contributed by atoms with van der Waals surface area (Å²) in [5, 5.41) is 13.1. The molecule has 0 radical (unpaired) electrons. The van der Waals surface area contributed by atoms with Gasteiger partial charge < -0.3 is 9.30 Å². The van der Waals surface area contributed by atoms with E-state index in [2.05, 4.69) is 16.7 Å². The molecule has 1 aliphatic rings. The van der Waals surface area contributed by atoms with Crippen LogP contribution < -0.4 is 4.80 Å². The summed E-state index contributed by atoms with van der Waals surface area (Å²) in [5.41, 5.74) is 3.73. The van der Waals surface area contributed by atoms with Crippen molar-refractivity contribution >= 4 is 32.7 Å². The second kappa shape index (κ2) is 12.0. The molecule has 0 bridgehead atoms. The molecule has 11 heteroatoms. The molecule has 1 saturated heterocycles. The summed E-state index contributed by atoms with van der Waals surface area (Å²) in [6.45, 7) is 2.18. The van der Waals surface area contributed by atoms with Crippen LogP contribution in [-0.4, -0.2) is 48.5 Å². The maximum Gasteiger partial charge on any atom is 0.269 e. The maximum absolute atomic E-state index is 13.0. The smallest absolute Gasteiger partial charge is 0.269 e. The SMILES string of the molecule is O=[N+]([O-])c1ccc(-c2csc(=Nc3ccc(S(=O)(=O)N4CCOCC4)cc3)n2CCCc2ccccc2)cc1. The van der Waals surface area contributed by atoms with E-state index in [1.165, 1.54) is 33.3 Å². The van der Waals surface area contributed by atoms with Crippen molar-refractivity contribution in [2.45, 2.75) is 24.3 Å². The average Bonchev–Trinajstić information content (AvgIpc) is 3.36. The molecule has 39 heavy (non-hydrogen) atoms. The number of hydrogen-bond donors (Lipinski definition) is 0. The van der Waals surface area contributed by atoms with Crippen molar-refractivity contribution < 1.29 is 18.1 Å². The fourth-order valence-electron chi connectivity index (χ4n) is 4.44. The van der Waals surface area contributed by atoms with Crippen molar-refractivity contribution in [2.24, 2.45) is 4.99 Å². The first-order valence-corrected chi connectivity index (χ1v) is 14.9. The van der Waals surface area contributed by atoms with Gasteiger partial charge in [-0.15, -0.1) is 11.3 Å². The predicted molar refractivity (Wildman–Crippen MR) is 150 cm³/mol. The minimum Gasteiger partial charge on any atom is -0.379 e. The van der Waals surface area contributed by atoms with Crippen LogP contribution >= 0.6 is 11.3 Å². The summed E-state index contributed by atoms with van der Waals surface area (Å²) in [6.07, 6.45) is 1.78. The molecule has 0 unspecified atom stereocenters. The number of nitrogens with zero attached hydrogens (tertiary/aromatic N) is 4. The van der Waals surface area contributed by atoms with Gasteiger partial charge in [0.15, 0.2) is 4.80 Å². The van der Waals surface area contributed by atoms with E-state index in [0.29, 0.717) is 38.5 Å².